The van der Waals surface area contributed by atoms with Gasteiger partial charge in [0.1, 0.15) is 11.5 Å². The van der Waals surface area contributed by atoms with Gasteiger partial charge in [0.15, 0.2) is 0 Å². The zero-order chi connectivity index (χ0) is 14.7. The molecule has 1 saturated carbocycles. The van der Waals surface area contributed by atoms with Crippen LogP contribution >= 0.6 is 11.6 Å². The predicted molar refractivity (Wildman–Crippen MR) is 77.4 cm³/mol. The van der Waals surface area contributed by atoms with Crippen molar-refractivity contribution in [3.05, 3.63) is 22.7 Å². The summed E-state index contributed by atoms with van der Waals surface area (Å²) in [7, 11) is 1.47. The van der Waals surface area contributed by atoms with Crippen LogP contribution in [-0.4, -0.2) is 25.2 Å². The summed E-state index contributed by atoms with van der Waals surface area (Å²) >= 11 is 6.14. The monoisotopic (exact) mass is 298 g/mol. The van der Waals surface area contributed by atoms with E-state index in [0.717, 1.165) is 25.7 Å². The second kappa shape index (κ2) is 6.33. The van der Waals surface area contributed by atoms with Gasteiger partial charge >= 0.3 is 0 Å². The van der Waals surface area contributed by atoms with Gasteiger partial charge in [-0.15, -0.1) is 0 Å². The quantitative estimate of drug-likeness (QED) is 0.891. The van der Waals surface area contributed by atoms with Crippen LogP contribution in [-0.2, 0) is 0 Å². The Bertz CT molecular complexity index is 499. The van der Waals surface area contributed by atoms with Crippen LogP contribution in [0.15, 0.2) is 12.1 Å². The summed E-state index contributed by atoms with van der Waals surface area (Å²) < 4.78 is 11.0. The molecular formula is C14H19ClN2O3. The van der Waals surface area contributed by atoms with Crippen molar-refractivity contribution in [1.29, 1.82) is 0 Å². The molecule has 0 heterocycles. The second-order valence-corrected chi connectivity index (χ2v) is 5.41. The fraction of sp³-hybridized carbons (Fsp3) is 0.500. The van der Waals surface area contributed by atoms with Crippen LogP contribution in [0.4, 0.5) is 0 Å². The third-order valence-corrected chi connectivity index (χ3v) is 3.83. The normalized spacial score (nSPS) is 22.4. The molecule has 0 saturated heterocycles. The molecule has 1 amide bonds. The molecule has 0 unspecified atom stereocenters. The molecule has 20 heavy (non-hydrogen) atoms. The largest absolute Gasteiger partial charge is 0.496 e. The topological polar surface area (TPSA) is 87.6 Å². The summed E-state index contributed by atoms with van der Waals surface area (Å²) in [6, 6.07) is 3.35. The first-order valence-electron chi connectivity index (χ1n) is 6.61. The van der Waals surface area contributed by atoms with Gasteiger partial charge in [0, 0.05) is 12.1 Å². The zero-order valence-electron chi connectivity index (χ0n) is 11.4. The van der Waals surface area contributed by atoms with Gasteiger partial charge in [-0.2, -0.15) is 0 Å². The second-order valence-electron chi connectivity index (χ2n) is 5.00. The molecule has 0 spiro atoms. The molecule has 1 aliphatic rings. The van der Waals surface area contributed by atoms with Gasteiger partial charge in [-0.3, -0.25) is 4.79 Å². The van der Waals surface area contributed by atoms with Gasteiger partial charge in [-0.05, 0) is 31.7 Å². The first-order valence-corrected chi connectivity index (χ1v) is 6.98. The van der Waals surface area contributed by atoms with Crippen LogP contribution in [0.1, 0.15) is 36.0 Å². The Hall–Kier alpha value is -1.46. The molecule has 4 N–H and O–H groups in total. The molecule has 0 aromatic heterocycles. The van der Waals surface area contributed by atoms with Crippen molar-refractivity contribution in [2.24, 2.45) is 11.5 Å². The van der Waals surface area contributed by atoms with E-state index in [4.69, 9.17) is 32.5 Å². The highest BCUT2D eigenvalue weighted by atomic mass is 35.5. The Morgan fingerprint density at radius 2 is 1.90 bits per heavy atom. The number of benzene rings is 1. The molecule has 110 valence electrons. The van der Waals surface area contributed by atoms with Crippen LogP contribution in [0.5, 0.6) is 11.5 Å². The molecule has 2 rings (SSSR count). The van der Waals surface area contributed by atoms with Crippen LogP contribution in [0.3, 0.4) is 0 Å². The fourth-order valence-corrected chi connectivity index (χ4v) is 2.58. The molecule has 1 aliphatic carbocycles. The number of hydrogen-bond donors (Lipinski definition) is 2. The van der Waals surface area contributed by atoms with Gasteiger partial charge in [0.2, 0.25) is 0 Å². The number of hydrogen-bond acceptors (Lipinski definition) is 4. The summed E-state index contributed by atoms with van der Waals surface area (Å²) in [5, 5.41) is 0.356. The number of methoxy groups -OCH3 is 1. The molecule has 6 heteroatoms. The lowest BCUT2D eigenvalue weighted by Gasteiger charge is -2.27. The lowest BCUT2D eigenvalue weighted by molar-refractivity contribution is 0.0997. The maximum Gasteiger partial charge on any atom is 0.252 e. The lowest BCUT2D eigenvalue weighted by Crippen LogP contribution is -2.31. The van der Waals surface area contributed by atoms with Crippen LogP contribution in [0.2, 0.25) is 5.02 Å². The van der Waals surface area contributed by atoms with Gasteiger partial charge in [-0.25, -0.2) is 0 Å². The number of ether oxygens (including phenoxy) is 2. The van der Waals surface area contributed by atoms with Crippen molar-refractivity contribution in [2.45, 2.75) is 37.8 Å². The van der Waals surface area contributed by atoms with E-state index in [0.29, 0.717) is 16.5 Å². The molecule has 0 atom stereocenters. The van der Waals surface area contributed by atoms with E-state index in [2.05, 4.69) is 0 Å². The van der Waals surface area contributed by atoms with Gasteiger partial charge < -0.3 is 20.9 Å². The molecule has 0 bridgehead atoms. The number of halogens is 1. The Labute approximate surface area is 123 Å². The van der Waals surface area contributed by atoms with Crippen LogP contribution in [0.25, 0.3) is 0 Å². The maximum atomic E-state index is 11.3. The minimum Gasteiger partial charge on any atom is -0.496 e. The van der Waals surface area contributed by atoms with E-state index in [9.17, 15) is 4.79 Å². The zero-order valence-corrected chi connectivity index (χ0v) is 12.2. The highest BCUT2D eigenvalue weighted by molar-refractivity contribution is 6.32. The SMILES string of the molecule is COc1cc(OC2CCC(N)CC2)c(Cl)cc1C(N)=O. The molecule has 0 aliphatic heterocycles. The summed E-state index contributed by atoms with van der Waals surface area (Å²) in [6.07, 6.45) is 3.78. The van der Waals surface area contributed by atoms with Crippen molar-refractivity contribution < 1.29 is 14.3 Å². The minimum absolute atomic E-state index is 0.0939. The van der Waals surface area contributed by atoms with Gasteiger partial charge in [-0.1, -0.05) is 11.6 Å². The molecule has 1 fully saturated rings. The van der Waals surface area contributed by atoms with E-state index < -0.39 is 5.91 Å². The van der Waals surface area contributed by atoms with Crippen molar-refractivity contribution in [2.75, 3.05) is 7.11 Å². The van der Waals surface area contributed by atoms with Crippen molar-refractivity contribution >= 4 is 17.5 Å². The predicted octanol–water partition coefficient (Wildman–Crippen LogP) is 2.10. The number of primary amides is 1. The number of amides is 1. The molecule has 0 radical (unpaired) electrons. The maximum absolute atomic E-state index is 11.3. The fourth-order valence-electron chi connectivity index (χ4n) is 2.37. The lowest BCUT2D eigenvalue weighted by atomic mass is 9.94. The third-order valence-electron chi connectivity index (χ3n) is 3.53. The van der Waals surface area contributed by atoms with E-state index in [1.165, 1.54) is 13.2 Å². The van der Waals surface area contributed by atoms with Gasteiger partial charge in [0.05, 0.1) is 23.8 Å². The first-order chi connectivity index (χ1) is 9.51. The molecule has 1 aromatic carbocycles. The summed E-state index contributed by atoms with van der Waals surface area (Å²) in [4.78, 5) is 11.3. The first kappa shape index (κ1) is 14.9. The van der Waals surface area contributed by atoms with Crippen molar-refractivity contribution in [3.63, 3.8) is 0 Å². The van der Waals surface area contributed by atoms with E-state index in [1.807, 2.05) is 0 Å². The Kier molecular flexibility index (Phi) is 4.73. The number of rotatable bonds is 4. The smallest absolute Gasteiger partial charge is 0.252 e. The van der Waals surface area contributed by atoms with E-state index in [-0.39, 0.29) is 17.7 Å². The van der Waals surface area contributed by atoms with Crippen molar-refractivity contribution in [3.8, 4) is 11.5 Å². The standard InChI is InChI=1S/C14H19ClN2O3/c1-19-12-7-13(11(15)6-10(12)14(17)18)20-9-4-2-8(16)3-5-9/h6-9H,2-5,16H2,1H3,(H2,17,18). The highest BCUT2D eigenvalue weighted by Gasteiger charge is 2.22. The number of carbonyl (C=O) groups excluding carboxylic acids is 1. The van der Waals surface area contributed by atoms with Crippen molar-refractivity contribution in [1.82, 2.24) is 0 Å². The highest BCUT2D eigenvalue weighted by Crippen LogP contribution is 2.34. The Morgan fingerprint density at radius 3 is 2.45 bits per heavy atom. The van der Waals surface area contributed by atoms with Gasteiger partial charge in [0.25, 0.3) is 5.91 Å². The molecule has 1 aromatic rings. The minimum atomic E-state index is -0.584. The third kappa shape index (κ3) is 3.35. The summed E-state index contributed by atoms with van der Waals surface area (Å²) in [5.41, 5.74) is 11.4. The van der Waals surface area contributed by atoms with E-state index in [1.54, 1.807) is 6.07 Å². The van der Waals surface area contributed by atoms with E-state index >= 15 is 0 Å². The average Bonchev–Trinajstić information content (AvgIpc) is 2.42. The van der Waals surface area contributed by atoms with Crippen LogP contribution in [0, 0.1) is 0 Å². The summed E-state index contributed by atoms with van der Waals surface area (Å²) in [6.45, 7) is 0. The summed E-state index contributed by atoms with van der Waals surface area (Å²) in [5.74, 6) is 0.289. The molecular weight excluding hydrogens is 280 g/mol. The number of carbonyl (C=O) groups is 1. The Morgan fingerprint density at radius 1 is 1.25 bits per heavy atom. The Balaban J connectivity index is 2.17. The molecule has 5 nitrogen and oxygen atoms in total. The average molecular weight is 299 g/mol. The number of nitrogens with two attached hydrogens (primary N) is 2. The van der Waals surface area contributed by atoms with Crippen LogP contribution < -0.4 is 20.9 Å².